The van der Waals surface area contributed by atoms with Gasteiger partial charge in [0.05, 0.1) is 0 Å². The van der Waals surface area contributed by atoms with Gasteiger partial charge < -0.3 is 15.0 Å². The Morgan fingerprint density at radius 1 is 1.03 bits per heavy atom. The van der Waals surface area contributed by atoms with Crippen molar-refractivity contribution in [2.45, 2.75) is 25.9 Å². The lowest BCUT2D eigenvalue weighted by Crippen LogP contribution is -2.51. The van der Waals surface area contributed by atoms with Crippen molar-refractivity contribution in [2.75, 3.05) is 13.7 Å². The highest BCUT2D eigenvalue weighted by Gasteiger charge is 2.30. The molecule has 33 heavy (non-hydrogen) atoms. The maximum atomic E-state index is 13.4. The topological polar surface area (TPSA) is 58.6 Å². The highest BCUT2D eigenvalue weighted by Crippen LogP contribution is 2.22. The van der Waals surface area contributed by atoms with Gasteiger partial charge in [-0.1, -0.05) is 70.0 Å². The van der Waals surface area contributed by atoms with Crippen molar-refractivity contribution in [1.82, 2.24) is 10.2 Å². The molecule has 1 N–H and O–H groups in total. The standard InChI is InChI=1S/C26H26BrClN2O3/c1-18-13-22(11-12-23(18)27)33-17-25(31)30(16-20-9-6-10-21(28)14-20)24(26(32)29-2)15-19-7-4-3-5-8-19/h3-14,24H,15-17H2,1-2H3,(H,29,32)/t24-/m1/s1. The fraction of sp³-hybridized carbons (Fsp3) is 0.231. The molecular formula is C26H26BrClN2O3. The quantitative estimate of drug-likeness (QED) is 0.416. The van der Waals surface area contributed by atoms with E-state index in [-0.39, 0.29) is 25.0 Å². The summed E-state index contributed by atoms with van der Waals surface area (Å²) >= 11 is 9.63. The van der Waals surface area contributed by atoms with E-state index in [4.69, 9.17) is 16.3 Å². The SMILES string of the molecule is CNC(=O)[C@@H](Cc1ccccc1)N(Cc1cccc(Cl)c1)C(=O)COc1ccc(Br)c(C)c1. The zero-order chi connectivity index (χ0) is 23.8. The summed E-state index contributed by atoms with van der Waals surface area (Å²) in [7, 11) is 1.57. The first-order valence-electron chi connectivity index (χ1n) is 10.6. The van der Waals surface area contributed by atoms with E-state index in [1.807, 2.05) is 61.5 Å². The van der Waals surface area contributed by atoms with Crippen LogP contribution in [0.25, 0.3) is 0 Å². The average molecular weight is 530 g/mol. The molecule has 0 heterocycles. The molecule has 5 nitrogen and oxygen atoms in total. The Hall–Kier alpha value is -2.83. The molecular weight excluding hydrogens is 504 g/mol. The molecule has 0 bridgehead atoms. The molecule has 3 aromatic carbocycles. The van der Waals surface area contributed by atoms with Gasteiger partial charge in [-0.3, -0.25) is 9.59 Å². The van der Waals surface area contributed by atoms with Crippen LogP contribution < -0.4 is 10.1 Å². The van der Waals surface area contributed by atoms with E-state index in [0.29, 0.717) is 17.2 Å². The van der Waals surface area contributed by atoms with Crippen LogP contribution in [0.2, 0.25) is 5.02 Å². The first-order valence-corrected chi connectivity index (χ1v) is 11.7. The first-order chi connectivity index (χ1) is 15.9. The molecule has 3 aromatic rings. The van der Waals surface area contributed by atoms with Gasteiger partial charge in [-0.15, -0.1) is 0 Å². The van der Waals surface area contributed by atoms with Crippen LogP contribution >= 0.6 is 27.5 Å². The van der Waals surface area contributed by atoms with Crippen LogP contribution in [0.15, 0.2) is 77.3 Å². The molecule has 0 fully saturated rings. The number of benzene rings is 3. The zero-order valence-electron chi connectivity index (χ0n) is 18.6. The lowest BCUT2D eigenvalue weighted by Gasteiger charge is -2.31. The Labute approximate surface area is 207 Å². The number of rotatable bonds is 9. The van der Waals surface area contributed by atoms with Crippen molar-refractivity contribution in [3.05, 3.63) is 99.0 Å². The van der Waals surface area contributed by atoms with Gasteiger partial charge in [0.15, 0.2) is 6.61 Å². The number of ether oxygens (including phenoxy) is 1. The zero-order valence-corrected chi connectivity index (χ0v) is 20.9. The number of nitrogens with zero attached hydrogens (tertiary/aromatic N) is 1. The molecule has 7 heteroatoms. The predicted octanol–water partition coefficient (Wildman–Crippen LogP) is 5.18. The van der Waals surface area contributed by atoms with Crippen LogP contribution in [0.4, 0.5) is 0 Å². The van der Waals surface area contributed by atoms with Gasteiger partial charge in [-0.2, -0.15) is 0 Å². The Balaban J connectivity index is 1.87. The van der Waals surface area contributed by atoms with Crippen LogP contribution in [0.3, 0.4) is 0 Å². The summed E-state index contributed by atoms with van der Waals surface area (Å²) in [5, 5.41) is 3.27. The molecule has 0 aliphatic carbocycles. The summed E-state index contributed by atoms with van der Waals surface area (Å²) in [4.78, 5) is 27.8. The second kappa shape index (κ2) is 11.9. The number of nitrogens with one attached hydrogen (secondary N) is 1. The summed E-state index contributed by atoms with van der Waals surface area (Å²) in [6.07, 6.45) is 0.379. The third-order valence-corrected chi connectivity index (χ3v) is 6.38. The minimum atomic E-state index is -0.709. The number of amides is 2. The number of halogens is 2. The normalized spacial score (nSPS) is 11.5. The minimum Gasteiger partial charge on any atom is -0.484 e. The van der Waals surface area contributed by atoms with Crippen molar-refractivity contribution in [1.29, 1.82) is 0 Å². The van der Waals surface area contributed by atoms with Crippen LogP contribution in [0.1, 0.15) is 16.7 Å². The van der Waals surface area contributed by atoms with Crippen molar-refractivity contribution >= 4 is 39.3 Å². The fourth-order valence-corrected chi connectivity index (χ4v) is 3.95. The van der Waals surface area contributed by atoms with Gasteiger partial charge in [-0.05, 0) is 53.9 Å². The van der Waals surface area contributed by atoms with Gasteiger partial charge in [0.2, 0.25) is 5.91 Å². The molecule has 0 saturated heterocycles. The molecule has 1 atom stereocenters. The average Bonchev–Trinajstić information content (AvgIpc) is 2.82. The first kappa shape index (κ1) is 24.8. The molecule has 0 aromatic heterocycles. The van der Waals surface area contributed by atoms with E-state index < -0.39 is 6.04 Å². The number of carbonyl (C=O) groups is 2. The van der Waals surface area contributed by atoms with Gasteiger partial charge in [0.1, 0.15) is 11.8 Å². The third-order valence-electron chi connectivity index (χ3n) is 5.25. The van der Waals surface area contributed by atoms with E-state index in [9.17, 15) is 9.59 Å². The van der Waals surface area contributed by atoms with Gasteiger partial charge in [0, 0.05) is 29.5 Å². The second-order valence-corrected chi connectivity index (χ2v) is 8.96. The largest absolute Gasteiger partial charge is 0.484 e. The molecule has 0 spiro atoms. The molecule has 2 amide bonds. The predicted molar refractivity (Wildman–Crippen MR) is 134 cm³/mol. The molecule has 0 saturated carbocycles. The monoisotopic (exact) mass is 528 g/mol. The highest BCUT2D eigenvalue weighted by atomic mass is 79.9. The third kappa shape index (κ3) is 7.07. The molecule has 0 aliphatic heterocycles. The van der Waals surface area contributed by atoms with E-state index in [1.165, 1.54) is 0 Å². The summed E-state index contributed by atoms with van der Waals surface area (Å²) in [5.41, 5.74) is 2.79. The van der Waals surface area contributed by atoms with Gasteiger partial charge >= 0.3 is 0 Å². The van der Waals surface area contributed by atoms with Crippen LogP contribution in [0.5, 0.6) is 5.75 Å². The smallest absolute Gasteiger partial charge is 0.261 e. The summed E-state index contributed by atoms with van der Waals surface area (Å²) in [5.74, 6) is 0.0557. The molecule has 3 rings (SSSR count). The fourth-order valence-electron chi connectivity index (χ4n) is 3.49. The van der Waals surface area contributed by atoms with Crippen LogP contribution in [0, 0.1) is 6.92 Å². The van der Waals surface area contributed by atoms with Crippen LogP contribution in [-0.4, -0.2) is 36.4 Å². The van der Waals surface area contributed by atoms with E-state index in [2.05, 4.69) is 21.2 Å². The Morgan fingerprint density at radius 3 is 2.42 bits per heavy atom. The lowest BCUT2D eigenvalue weighted by molar-refractivity contribution is -0.142. The second-order valence-electron chi connectivity index (χ2n) is 7.67. The summed E-state index contributed by atoms with van der Waals surface area (Å²) in [6.45, 7) is 1.99. The number of likely N-dealkylation sites (N-methyl/N-ethyl adjacent to an activating group) is 1. The Morgan fingerprint density at radius 2 is 1.76 bits per heavy atom. The van der Waals surface area contributed by atoms with E-state index in [1.54, 1.807) is 30.1 Å². The molecule has 0 unspecified atom stereocenters. The van der Waals surface area contributed by atoms with Crippen molar-refractivity contribution in [2.24, 2.45) is 0 Å². The number of carbonyl (C=O) groups excluding carboxylic acids is 2. The van der Waals surface area contributed by atoms with Crippen molar-refractivity contribution in [3.63, 3.8) is 0 Å². The van der Waals surface area contributed by atoms with Gasteiger partial charge in [0.25, 0.3) is 5.91 Å². The van der Waals surface area contributed by atoms with E-state index >= 15 is 0 Å². The Bertz CT molecular complexity index is 1110. The maximum absolute atomic E-state index is 13.4. The van der Waals surface area contributed by atoms with Crippen molar-refractivity contribution in [3.8, 4) is 5.75 Å². The van der Waals surface area contributed by atoms with Crippen molar-refractivity contribution < 1.29 is 14.3 Å². The summed E-state index contributed by atoms with van der Waals surface area (Å²) in [6, 6.07) is 21.7. The number of hydrogen-bond acceptors (Lipinski definition) is 3. The van der Waals surface area contributed by atoms with Gasteiger partial charge in [-0.25, -0.2) is 0 Å². The lowest BCUT2D eigenvalue weighted by atomic mass is 10.0. The maximum Gasteiger partial charge on any atom is 0.261 e. The molecule has 172 valence electrons. The molecule has 0 radical (unpaired) electrons. The summed E-state index contributed by atoms with van der Waals surface area (Å²) < 4.78 is 6.75. The number of hydrogen-bond donors (Lipinski definition) is 1. The van der Waals surface area contributed by atoms with Crippen LogP contribution in [-0.2, 0) is 22.6 Å². The minimum absolute atomic E-state index is 0.191. The molecule has 0 aliphatic rings. The number of aryl methyl sites for hydroxylation is 1. The Kier molecular flexibility index (Phi) is 8.92. The van der Waals surface area contributed by atoms with E-state index in [0.717, 1.165) is 21.2 Å². The highest BCUT2D eigenvalue weighted by molar-refractivity contribution is 9.10.